The van der Waals surface area contributed by atoms with E-state index in [4.69, 9.17) is 10.8 Å². The van der Waals surface area contributed by atoms with Gasteiger partial charge in [0.05, 0.1) is 11.3 Å². The molecule has 0 aromatic heterocycles. The number of likely N-dealkylation sites (tertiary alicyclic amines) is 2. The number of aliphatic carboxylic acids is 1. The quantitative estimate of drug-likeness (QED) is 0.750. The Kier molecular flexibility index (Phi) is 3.62. The van der Waals surface area contributed by atoms with Crippen LogP contribution in [-0.2, 0) is 9.59 Å². The van der Waals surface area contributed by atoms with Gasteiger partial charge in [-0.3, -0.25) is 9.59 Å². The van der Waals surface area contributed by atoms with Crippen LogP contribution in [0.4, 0.5) is 4.79 Å². The molecule has 0 aromatic rings. The summed E-state index contributed by atoms with van der Waals surface area (Å²) < 4.78 is 0. The molecule has 0 bridgehead atoms. The molecule has 2 rings (SSSR count). The first-order valence-electron chi connectivity index (χ1n) is 6.84. The molecule has 0 spiro atoms. The summed E-state index contributed by atoms with van der Waals surface area (Å²) in [7, 11) is 0. The zero-order chi connectivity index (χ0) is 15.1. The highest BCUT2D eigenvalue weighted by Crippen LogP contribution is 2.32. The van der Waals surface area contributed by atoms with Gasteiger partial charge < -0.3 is 20.6 Å². The number of carboxylic acid groups (broad SMARTS) is 1. The molecular formula is C13H21N3O4. The van der Waals surface area contributed by atoms with Crippen LogP contribution in [0.1, 0.15) is 26.7 Å². The van der Waals surface area contributed by atoms with Crippen LogP contribution in [0, 0.1) is 11.3 Å². The average molecular weight is 283 g/mol. The number of amides is 3. The minimum Gasteiger partial charge on any atom is -0.481 e. The molecule has 20 heavy (non-hydrogen) atoms. The first-order valence-corrected chi connectivity index (χ1v) is 6.84. The maximum atomic E-state index is 12.4. The van der Waals surface area contributed by atoms with Crippen molar-refractivity contribution in [2.24, 2.45) is 17.1 Å². The van der Waals surface area contributed by atoms with Crippen molar-refractivity contribution in [2.75, 3.05) is 19.6 Å². The standard InChI is InChI=1S/C13H21N3O4/c1-8-9(10(17)18)3-5-16(8)12(20)15-6-4-13(2,7-15)11(14)19/h8-9H,3-7H2,1-2H3,(H2,14,19)(H,17,18). The zero-order valence-electron chi connectivity index (χ0n) is 11.8. The zero-order valence-corrected chi connectivity index (χ0v) is 11.8. The van der Waals surface area contributed by atoms with Crippen molar-refractivity contribution < 1.29 is 19.5 Å². The van der Waals surface area contributed by atoms with E-state index in [-0.39, 0.29) is 12.1 Å². The van der Waals surface area contributed by atoms with E-state index in [2.05, 4.69) is 0 Å². The molecule has 0 aromatic carbocycles. The van der Waals surface area contributed by atoms with Gasteiger partial charge in [0.1, 0.15) is 0 Å². The molecule has 2 aliphatic heterocycles. The van der Waals surface area contributed by atoms with Gasteiger partial charge in [-0.15, -0.1) is 0 Å². The number of carboxylic acids is 1. The van der Waals surface area contributed by atoms with Crippen LogP contribution in [0.15, 0.2) is 0 Å². The predicted molar refractivity (Wildman–Crippen MR) is 70.8 cm³/mol. The van der Waals surface area contributed by atoms with Crippen LogP contribution in [0.5, 0.6) is 0 Å². The monoisotopic (exact) mass is 283 g/mol. The first-order chi connectivity index (χ1) is 9.26. The van der Waals surface area contributed by atoms with E-state index >= 15 is 0 Å². The Balaban J connectivity index is 2.03. The molecule has 3 amide bonds. The normalized spacial score (nSPS) is 33.5. The molecule has 0 aliphatic carbocycles. The van der Waals surface area contributed by atoms with Crippen molar-refractivity contribution in [1.82, 2.24) is 9.80 Å². The van der Waals surface area contributed by atoms with Crippen molar-refractivity contribution in [2.45, 2.75) is 32.7 Å². The molecule has 2 heterocycles. The number of hydrogen-bond acceptors (Lipinski definition) is 3. The molecule has 3 N–H and O–H groups in total. The van der Waals surface area contributed by atoms with Crippen LogP contribution in [-0.4, -0.2) is 58.5 Å². The third-order valence-corrected chi connectivity index (χ3v) is 4.66. The molecule has 0 radical (unpaired) electrons. The fraction of sp³-hybridized carbons (Fsp3) is 0.769. The highest BCUT2D eigenvalue weighted by molar-refractivity contribution is 5.84. The maximum absolute atomic E-state index is 12.4. The first kappa shape index (κ1) is 14.6. The Morgan fingerprint density at radius 3 is 2.40 bits per heavy atom. The number of primary amides is 1. The summed E-state index contributed by atoms with van der Waals surface area (Å²) in [6.07, 6.45) is 1.03. The van der Waals surface area contributed by atoms with Gasteiger partial charge in [-0.25, -0.2) is 4.79 Å². The minimum atomic E-state index is -0.865. The van der Waals surface area contributed by atoms with E-state index < -0.39 is 23.2 Å². The highest BCUT2D eigenvalue weighted by Gasteiger charge is 2.45. The summed E-state index contributed by atoms with van der Waals surface area (Å²) in [5.41, 5.74) is 4.69. The van der Waals surface area contributed by atoms with E-state index in [0.717, 1.165) is 0 Å². The average Bonchev–Trinajstić information content (AvgIpc) is 2.93. The van der Waals surface area contributed by atoms with Gasteiger partial charge in [0.15, 0.2) is 0 Å². The molecule has 2 saturated heterocycles. The Hall–Kier alpha value is -1.79. The maximum Gasteiger partial charge on any atom is 0.320 e. The Bertz CT molecular complexity index is 453. The van der Waals surface area contributed by atoms with Crippen LogP contribution < -0.4 is 5.73 Å². The molecule has 0 saturated carbocycles. The molecule has 3 atom stereocenters. The summed E-state index contributed by atoms with van der Waals surface area (Å²) >= 11 is 0. The molecule has 7 heteroatoms. The van der Waals surface area contributed by atoms with E-state index in [1.807, 2.05) is 0 Å². The van der Waals surface area contributed by atoms with Gasteiger partial charge in [0, 0.05) is 25.7 Å². The second-order valence-corrected chi connectivity index (χ2v) is 6.05. The van der Waals surface area contributed by atoms with Crippen LogP contribution >= 0.6 is 0 Å². The van der Waals surface area contributed by atoms with Crippen LogP contribution in [0.3, 0.4) is 0 Å². The Labute approximate surface area is 117 Å². The topological polar surface area (TPSA) is 104 Å². The molecule has 3 unspecified atom stereocenters. The number of carbonyl (C=O) groups excluding carboxylic acids is 2. The summed E-state index contributed by atoms with van der Waals surface area (Å²) in [5.74, 6) is -1.77. The van der Waals surface area contributed by atoms with Crippen molar-refractivity contribution in [3.05, 3.63) is 0 Å². The van der Waals surface area contributed by atoms with Crippen molar-refractivity contribution in [3.63, 3.8) is 0 Å². The molecule has 2 fully saturated rings. The predicted octanol–water partition coefficient (Wildman–Crippen LogP) is 0.0987. The lowest BCUT2D eigenvalue weighted by Gasteiger charge is -2.29. The number of nitrogens with zero attached hydrogens (tertiary/aromatic N) is 2. The third kappa shape index (κ3) is 2.32. The van der Waals surface area contributed by atoms with E-state index in [9.17, 15) is 14.4 Å². The smallest absolute Gasteiger partial charge is 0.320 e. The largest absolute Gasteiger partial charge is 0.481 e. The van der Waals surface area contributed by atoms with Gasteiger partial charge in [-0.2, -0.15) is 0 Å². The van der Waals surface area contributed by atoms with Gasteiger partial charge in [0.2, 0.25) is 5.91 Å². The molecule has 2 aliphatic rings. The lowest BCUT2D eigenvalue weighted by molar-refractivity contribution is -0.142. The van der Waals surface area contributed by atoms with E-state index in [1.165, 1.54) is 0 Å². The fourth-order valence-corrected chi connectivity index (χ4v) is 3.05. The van der Waals surface area contributed by atoms with Gasteiger partial charge in [-0.05, 0) is 26.7 Å². The van der Waals surface area contributed by atoms with Crippen molar-refractivity contribution in [3.8, 4) is 0 Å². The van der Waals surface area contributed by atoms with E-state index in [0.29, 0.717) is 32.5 Å². The Morgan fingerprint density at radius 1 is 1.30 bits per heavy atom. The SMILES string of the molecule is CC1C(C(=O)O)CCN1C(=O)N1CCC(C)(C(N)=O)C1. The highest BCUT2D eigenvalue weighted by atomic mass is 16.4. The fourth-order valence-electron chi connectivity index (χ4n) is 3.05. The van der Waals surface area contributed by atoms with Crippen molar-refractivity contribution in [1.29, 1.82) is 0 Å². The molecular weight excluding hydrogens is 262 g/mol. The minimum absolute atomic E-state index is 0.189. The van der Waals surface area contributed by atoms with Gasteiger partial charge in [-0.1, -0.05) is 0 Å². The molecule has 112 valence electrons. The van der Waals surface area contributed by atoms with Crippen LogP contribution in [0.25, 0.3) is 0 Å². The lowest BCUT2D eigenvalue weighted by Crippen LogP contribution is -2.47. The second kappa shape index (κ2) is 4.96. The second-order valence-electron chi connectivity index (χ2n) is 6.05. The van der Waals surface area contributed by atoms with Crippen molar-refractivity contribution >= 4 is 17.9 Å². The van der Waals surface area contributed by atoms with Crippen LogP contribution in [0.2, 0.25) is 0 Å². The number of rotatable bonds is 2. The van der Waals surface area contributed by atoms with Gasteiger partial charge >= 0.3 is 12.0 Å². The number of hydrogen-bond donors (Lipinski definition) is 2. The summed E-state index contributed by atoms with van der Waals surface area (Å²) in [4.78, 5) is 38.1. The number of carbonyl (C=O) groups is 3. The molecule has 7 nitrogen and oxygen atoms in total. The van der Waals surface area contributed by atoms with E-state index in [1.54, 1.807) is 23.6 Å². The summed E-state index contributed by atoms with van der Waals surface area (Å²) in [5, 5.41) is 9.09. The third-order valence-electron chi connectivity index (χ3n) is 4.66. The summed E-state index contributed by atoms with van der Waals surface area (Å²) in [6, 6.07) is -0.508. The summed E-state index contributed by atoms with van der Waals surface area (Å²) in [6.45, 7) is 4.76. The number of urea groups is 1. The van der Waals surface area contributed by atoms with Gasteiger partial charge in [0.25, 0.3) is 0 Å². The Morgan fingerprint density at radius 2 is 1.95 bits per heavy atom. The lowest BCUT2D eigenvalue weighted by atomic mass is 9.89. The number of nitrogens with two attached hydrogens (primary N) is 1.